The Hall–Kier alpha value is -2.96. The van der Waals surface area contributed by atoms with Gasteiger partial charge in [0.25, 0.3) is 5.69 Å². The average Bonchev–Trinajstić information content (AvgIpc) is 3.01. The van der Waals surface area contributed by atoms with Crippen LogP contribution in [0.5, 0.6) is 0 Å². The molecule has 2 aliphatic carbocycles. The van der Waals surface area contributed by atoms with Crippen molar-refractivity contribution in [3.63, 3.8) is 0 Å². The summed E-state index contributed by atoms with van der Waals surface area (Å²) in [6.07, 6.45) is 7.83. The predicted octanol–water partition coefficient (Wildman–Crippen LogP) is 4.83. The van der Waals surface area contributed by atoms with Crippen molar-refractivity contribution < 1.29 is 19.2 Å². The molecule has 3 aliphatic rings. The number of allylic oxidation sites excluding steroid dienone is 3. The van der Waals surface area contributed by atoms with Gasteiger partial charge in [0.15, 0.2) is 5.78 Å². The van der Waals surface area contributed by atoms with Gasteiger partial charge in [0.2, 0.25) is 0 Å². The molecule has 4 rings (SSSR count). The molecule has 1 aromatic rings. The number of dihydropyridines is 1. The van der Waals surface area contributed by atoms with Crippen molar-refractivity contribution in [2.24, 2.45) is 0 Å². The van der Waals surface area contributed by atoms with Crippen molar-refractivity contribution in [1.29, 1.82) is 0 Å². The summed E-state index contributed by atoms with van der Waals surface area (Å²) in [7, 11) is 0. The summed E-state index contributed by atoms with van der Waals surface area (Å²) in [5, 5.41) is 14.6. The van der Waals surface area contributed by atoms with E-state index in [0.29, 0.717) is 28.8 Å². The van der Waals surface area contributed by atoms with Gasteiger partial charge in [-0.25, -0.2) is 4.79 Å². The summed E-state index contributed by atoms with van der Waals surface area (Å²) in [4.78, 5) is 37.2. The number of Topliss-reactive ketones (excluding diaryl/α,β-unsaturated/α-hetero) is 1. The topological polar surface area (TPSA) is 98.5 Å². The SMILES string of the molecule is CC1=C(C(=O)OC2CCCCCC2)[C@@H](c2cccc([N+](=O)[O-])c2)C2=C(CCCC2=O)N1. The van der Waals surface area contributed by atoms with Crippen LogP contribution in [0, 0.1) is 10.1 Å². The number of carbonyl (C=O) groups excluding carboxylic acids is 2. The Morgan fingerprint density at radius 2 is 1.87 bits per heavy atom. The van der Waals surface area contributed by atoms with Crippen LogP contribution >= 0.6 is 0 Å². The number of nitro benzene ring substituents is 1. The van der Waals surface area contributed by atoms with Crippen molar-refractivity contribution in [3.05, 3.63) is 62.5 Å². The van der Waals surface area contributed by atoms with Crippen LogP contribution in [0.2, 0.25) is 0 Å². The molecule has 164 valence electrons. The minimum atomic E-state index is -0.651. The number of carbonyl (C=O) groups is 2. The van der Waals surface area contributed by atoms with Crippen LogP contribution in [0.15, 0.2) is 46.8 Å². The Bertz CT molecular complexity index is 970. The maximum absolute atomic E-state index is 13.4. The van der Waals surface area contributed by atoms with Gasteiger partial charge in [-0.15, -0.1) is 0 Å². The third kappa shape index (κ3) is 4.40. The van der Waals surface area contributed by atoms with Crippen molar-refractivity contribution in [1.82, 2.24) is 5.32 Å². The summed E-state index contributed by atoms with van der Waals surface area (Å²) >= 11 is 0. The number of rotatable bonds is 4. The van der Waals surface area contributed by atoms with E-state index in [-0.39, 0.29) is 17.6 Å². The molecule has 1 aliphatic heterocycles. The molecule has 0 unspecified atom stereocenters. The third-order valence-electron chi connectivity index (χ3n) is 6.49. The molecule has 7 heteroatoms. The van der Waals surface area contributed by atoms with Crippen LogP contribution in [0.25, 0.3) is 0 Å². The van der Waals surface area contributed by atoms with Gasteiger partial charge in [-0.2, -0.15) is 0 Å². The van der Waals surface area contributed by atoms with Crippen LogP contribution < -0.4 is 5.32 Å². The van der Waals surface area contributed by atoms with Gasteiger partial charge in [0, 0.05) is 41.4 Å². The number of esters is 1. The number of benzene rings is 1. The molecule has 0 spiro atoms. The minimum Gasteiger partial charge on any atom is -0.459 e. The number of ketones is 1. The molecule has 0 saturated heterocycles. The maximum atomic E-state index is 13.4. The summed E-state index contributed by atoms with van der Waals surface area (Å²) in [5.41, 5.74) is 2.92. The fraction of sp³-hybridized carbons (Fsp3) is 0.500. The Balaban J connectivity index is 1.74. The zero-order valence-electron chi connectivity index (χ0n) is 17.8. The predicted molar refractivity (Wildman–Crippen MR) is 115 cm³/mol. The lowest BCUT2D eigenvalue weighted by molar-refractivity contribution is -0.384. The third-order valence-corrected chi connectivity index (χ3v) is 6.49. The first kappa shape index (κ1) is 21.3. The van der Waals surface area contributed by atoms with Crippen LogP contribution in [0.3, 0.4) is 0 Å². The highest BCUT2D eigenvalue weighted by Gasteiger charge is 2.40. The quantitative estimate of drug-likeness (QED) is 0.322. The van der Waals surface area contributed by atoms with E-state index < -0.39 is 16.8 Å². The van der Waals surface area contributed by atoms with Gasteiger partial charge < -0.3 is 10.1 Å². The summed E-state index contributed by atoms with van der Waals surface area (Å²) in [6.45, 7) is 1.82. The van der Waals surface area contributed by atoms with Gasteiger partial charge >= 0.3 is 5.97 Å². The summed E-state index contributed by atoms with van der Waals surface area (Å²) in [5.74, 6) is -1.10. The van der Waals surface area contributed by atoms with Gasteiger partial charge in [0.1, 0.15) is 6.10 Å². The van der Waals surface area contributed by atoms with E-state index in [1.807, 2.05) is 6.92 Å². The van der Waals surface area contributed by atoms with Gasteiger partial charge in [-0.05, 0) is 51.0 Å². The number of hydrogen-bond donors (Lipinski definition) is 1. The molecular weight excluding hydrogens is 396 g/mol. The van der Waals surface area contributed by atoms with E-state index in [1.54, 1.807) is 12.1 Å². The summed E-state index contributed by atoms with van der Waals surface area (Å²) < 4.78 is 5.92. The number of nitro groups is 1. The lowest BCUT2D eigenvalue weighted by Gasteiger charge is -2.34. The molecule has 1 heterocycles. The van der Waals surface area contributed by atoms with Crippen LogP contribution in [0.1, 0.15) is 76.2 Å². The zero-order chi connectivity index (χ0) is 22.0. The first-order valence-electron chi connectivity index (χ1n) is 11.1. The second-order valence-corrected chi connectivity index (χ2v) is 8.64. The van der Waals surface area contributed by atoms with E-state index in [4.69, 9.17) is 4.74 Å². The Labute approximate surface area is 181 Å². The number of ether oxygens (including phenoxy) is 1. The highest BCUT2D eigenvalue weighted by Crippen LogP contribution is 2.43. The average molecular weight is 424 g/mol. The van der Waals surface area contributed by atoms with Gasteiger partial charge in [-0.3, -0.25) is 14.9 Å². The molecule has 0 amide bonds. The van der Waals surface area contributed by atoms with Crippen molar-refractivity contribution >= 4 is 17.4 Å². The molecule has 1 N–H and O–H groups in total. The first-order valence-corrected chi connectivity index (χ1v) is 11.1. The normalized spacial score (nSPS) is 22.5. The fourth-order valence-electron chi connectivity index (χ4n) is 4.98. The second kappa shape index (κ2) is 9.04. The minimum absolute atomic E-state index is 0.0162. The molecule has 31 heavy (non-hydrogen) atoms. The first-order chi connectivity index (χ1) is 15.0. The Kier molecular flexibility index (Phi) is 6.20. The molecule has 1 saturated carbocycles. The standard InChI is InChI=1S/C24H28N2O5/c1-15-21(24(28)31-18-10-4-2-3-5-11-18)22(16-8-6-9-17(14-16)26(29)30)23-19(25-15)12-7-13-20(23)27/h6,8-9,14,18,22,25H,2-5,7,10-13H2,1H3/t22-/m1/s1. The van der Waals surface area contributed by atoms with E-state index in [2.05, 4.69) is 5.32 Å². The zero-order valence-corrected chi connectivity index (χ0v) is 17.8. The number of hydrogen-bond acceptors (Lipinski definition) is 6. The molecule has 7 nitrogen and oxygen atoms in total. The Morgan fingerprint density at radius 1 is 1.13 bits per heavy atom. The summed E-state index contributed by atoms with van der Waals surface area (Å²) in [6, 6.07) is 6.24. The Morgan fingerprint density at radius 3 is 2.58 bits per heavy atom. The van der Waals surface area contributed by atoms with Crippen LogP contribution in [0.4, 0.5) is 5.69 Å². The van der Waals surface area contributed by atoms with E-state index in [0.717, 1.165) is 57.1 Å². The highest BCUT2D eigenvalue weighted by molar-refractivity contribution is 6.03. The number of nitrogens with one attached hydrogen (secondary N) is 1. The second-order valence-electron chi connectivity index (χ2n) is 8.64. The maximum Gasteiger partial charge on any atom is 0.337 e. The molecule has 0 radical (unpaired) electrons. The number of non-ortho nitro benzene ring substituents is 1. The molecule has 0 aromatic heterocycles. The van der Waals surface area contributed by atoms with E-state index >= 15 is 0 Å². The van der Waals surface area contributed by atoms with E-state index in [1.165, 1.54) is 12.1 Å². The van der Waals surface area contributed by atoms with Gasteiger partial charge in [0.05, 0.1) is 10.5 Å². The lowest BCUT2D eigenvalue weighted by Crippen LogP contribution is -2.35. The number of nitrogens with zero attached hydrogens (tertiary/aromatic N) is 1. The fourth-order valence-corrected chi connectivity index (χ4v) is 4.98. The molecule has 1 atom stereocenters. The van der Waals surface area contributed by atoms with Crippen LogP contribution in [-0.4, -0.2) is 22.8 Å². The molecule has 1 aromatic carbocycles. The van der Waals surface area contributed by atoms with Gasteiger partial charge in [-0.1, -0.05) is 25.0 Å². The molecule has 1 fully saturated rings. The van der Waals surface area contributed by atoms with Crippen molar-refractivity contribution in [3.8, 4) is 0 Å². The highest BCUT2D eigenvalue weighted by atomic mass is 16.6. The lowest BCUT2D eigenvalue weighted by atomic mass is 9.75. The van der Waals surface area contributed by atoms with Crippen molar-refractivity contribution in [2.45, 2.75) is 76.7 Å². The molecular formula is C24H28N2O5. The monoisotopic (exact) mass is 424 g/mol. The molecule has 0 bridgehead atoms. The smallest absolute Gasteiger partial charge is 0.337 e. The van der Waals surface area contributed by atoms with E-state index in [9.17, 15) is 19.7 Å². The van der Waals surface area contributed by atoms with Crippen molar-refractivity contribution in [2.75, 3.05) is 0 Å². The van der Waals surface area contributed by atoms with Crippen LogP contribution in [-0.2, 0) is 14.3 Å². The largest absolute Gasteiger partial charge is 0.459 e.